The number of halogens is 2. The molecule has 3 rings (SSSR count). The van der Waals surface area contributed by atoms with Crippen LogP contribution in [0.25, 0.3) is 0 Å². The van der Waals surface area contributed by atoms with Crippen molar-refractivity contribution >= 4 is 35.1 Å². The Kier molecular flexibility index (Phi) is 3.82. The van der Waals surface area contributed by atoms with Crippen LogP contribution in [0.15, 0.2) is 18.2 Å². The van der Waals surface area contributed by atoms with Crippen LogP contribution in [0, 0.1) is 0 Å². The molecule has 0 atom stereocenters. The van der Waals surface area contributed by atoms with Crippen molar-refractivity contribution in [2.45, 2.75) is 24.9 Å². The molecular weight excluding hydrogens is 313 g/mol. The van der Waals surface area contributed by atoms with Crippen molar-refractivity contribution in [2.75, 3.05) is 13.1 Å². The van der Waals surface area contributed by atoms with Gasteiger partial charge in [0.25, 0.3) is 5.91 Å². The lowest BCUT2D eigenvalue weighted by Gasteiger charge is -2.37. The average molecular weight is 328 g/mol. The molecule has 112 valence electrons. The van der Waals surface area contributed by atoms with E-state index in [0.29, 0.717) is 42.5 Å². The molecule has 0 aliphatic carbocycles. The van der Waals surface area contributed by atoms with E-state index in [1.54, 1.807) is 0 Å². The number of amides is 3. The van der Waals surface area contributed by atoms with E-state index < -0.39 is 11.6 Å². The van der Waals surface area contributed by atoms with Crippen LogP contribution in [0.4, 0.5) is 4.79 Å². The highest BCUT2D eigenvalue weighted by Crippen LogP contribution is 2.30. The van der Waals surface area contributed by atoms with Crippen LogP contribution in [0.3, 0.4) is 0 Å². The zero-order valence-electron chi connectivity index (χ0n) is 11.3. The average Bonchev–Trinajstić information content (AvgIpc) is 2.71. The fourth-order valence-electron chi connectivity index (χ4n) is 2.88. The Morgan fingerprint density at radius 2 is 1.76 bits per heavy atom. The minimum Gasteiger partial charge on any atom is -0.323 e. The van der Waals surface area contributed by atoms with Gasteiger partial charge in [-0.1, -0.05) is 29.3 Å². The highest BCUT2D eigenvalue weighted by Gasteiger charge is 2.47. The highest BCUT2D eigenvalue weighted by molar-refractivity contribution is 6.35. The predicted octanol–water partition coefficient (Wildman–Crippen LogP) is 2.17. The molecule has 3 amide bonds. The van der Waals surface area contributed by atoms with Gasteiger partial charge in [0.2, 0.25) is 0 Å². The van der Waals surface area contributed by atoms with E-state index in [0.717, 1.165) is 5.56 Å². The third kappa shape index (κ3) is 2.73. The topological polar surface area (TPSA) is 61.4 Å². The fourth-order valence-corrected chi connectivity index (χ4v) is 3.40. The van der Waals surface area contributed by atoms with Gasteiger partial charge < -0.3 is 5.32 Å². The molecule has 0 saturated carbocycles. The van der Waals surface area contributed by atoms with Gasteiger partial charge >= 0.3 is 6.03 Å². The molecule has 2 fully saturated rings. The number of piperidine rings is 1. The molecule has 2 aliphatic heterocycles. The molecule has 0 radical (unpaired) electrons. The third-order valence-electron chi connectivity index (χ3n) is 4.17. The number of carbonyl (C=O) groups excluding carboxylic acids is 2. The van der Waals surface area contributed by atoms with E-state index in [2.05, 4.69) is 15.5 Å². The van der Waals surface area contributed by atoms with Gasteiger partial charge in [0.1, 0.15) is 5.54 Å². The van der Waals surface area contributed by atoms with Crippen molar-refractivity contribution in [3.05, 3.63) is 33.8 Å². The van der Waals surface area contributed by atoms with Crippen LogP contribution in [-0.2, 0) is 11.3 Å². The van der Waals surface area contributed by atoms with E-state index in [-0.39, 0.29) is 5.91 Å². The first-order valence-electron chi connectivity index (χ1n) is 6.79. The first kappa shape index (κ1) is 14.6. The van der Waals surface area contributed by atoms with Gasteiger partial charge in [0.05, 0.1) is 0 Å². The molecule has 21 heavy (non-hydrogen) atoms. The quantitative estimate of drug-likeness (QED) is 0.818. The number of likely N-dealkylation sites (tertiary alicyclic amines) is 1. The number of imide groups is 1. The SMILES string of the molecule is O=C1NC(=O)C2(CCN(Cc3c(Cl)cccc3Cl)CC2)N1. The molecule has 1 spiro atoms. The van der Waals surface area contributed by atoms with E-state index in [1.165, 1.54) is 0 Å². The minimum absolute atomic E-state index is 0.220. The number of nitrogens with zero attached hydrogens (tertiary/aromatic N) is 1. The molecule has 1 aromatic rings. The van der Waals surface area contributed by atoms with E-state index >= 15 is 0 Å². The van der Waals surface area contributed by atoms with Gasteiger partial charge in [-0.25, -0.2) is 4.79 Å². The number of hydrogen-bond donors (Lipinski definition) is 2. The summed E-state index contributed by atoms with van der Waals surface area (Å²) in [6.07, 6.45) is 1.18. The molecule has 7 heteroatoms. The normalized spacial score (nSPS) is 21.4. The zero-order chi connectivity index (χ0) is 15.0. The van der Waals surface area contributed by atoms with Crippen LogP contribution in [0.2, 0.25) is 10.0 Å². The second-order valence-corrected chi connectivity index (χ2v) is 6.28. The van der Waals surface area contributed by atoms with Crippen LogP contribution < -0.4 is 10.6 Å². The number of urea groups is 1. The van der Waals surface area contributed by atoms with Gasteiger partial charge in [0, 0.05) is 35.2 Å². The van der Waals surface area contributed by atoms with Crippen molar-refractivity contribution in [1.29, 1.82) is 0 Å². The van der Waals surface area contributed by atoms with Crippen molar-refractivity contribution in [2.24, 2.45) is 0 Å². The highest BCUT2D eigenvalue weighted by atomic mass is 35.5. The fraction of sp³-hybridized carbons (Fsp3) is 0.429. The lowest BCUT2D eigenvalue weighted by atomic mass is 9.87. The number of nitrogens with one attached hydrogen (secondary N) is 2. The molecule has 2 aliphatic rings. The van der Waals surface area contributed by atoms with E-state index in [9.17, 15) is 9.59 Å². The molecule has 2 saturated heterocycles. The summed E-state index contributed by atoms with van der Waals surface area (Å²) < 4.78 is 0. The van der Waals surface area contributed by atoms with Gasteiger partial charge in [0.15, 0.2) is 0 Å². The lowest BCUT2D eigenvalue weighted by molar-refractivity contribution is -0.125. The summed E-state index contributed by atoms with van der Waals surface area (Å²) in [5.74, 6) is -0.220. The number of carbonyl (C=O) groups is 2. The van der Waals surface area contributed by atoms with Crippen LogP contribution in [-0.4, -0.2) is 35.5 Å². The zero-order valence-corrected chi connectivity index (χ0v) is 12.8. The van der Waals surface area contributed by atoms with E-state index in [4.69, 9.17) is 23.2 Å². The first-order chi connectivity index (χ1) is 10.00. The van der Waals surface area contributed by atoms with Crippen molar-refractivity contribution in [3.63, 3.8) is 0 Å². The van der Waals surface area contributed by atoms with Gasteiger partial charge in [-0.15, -0.1) is 0 Å². The number of hydrogen-bond acceptors (Lipinski definition) is 3. The Bertz CT molecular complexity index is 578. The Hall–Kier alpha value is -1.30. The molecule has 2 N–H and O–H groups in total. The Balaban J connectivity index is 1.67. The molecule has 0 bridgehead atoms. The standard InChI is InChI=1S/C14H15Cl2N3O2/c15-10-2-1-3-11(16)9(10)8-19-6-4-14(5-7-19)12(20)17-13(21)18-14/h1-3H,4-8H2,(H2,17,18,20,21). The monoisotopic (exact) mass is 327 g/mol. The predicted molar refractivity (Wildman–Crippen MR) is 80.4 cm³/mol. The summed E-state index contributed by atoms with van der Waals surface area (Å²) in [6, 6.07) is 5.05. The minimum atomic E-state index is -0.738. The van der Waals surface area contributed by atoms with Crippen molar-refractivity contribution in [1.82, 2.24) is 15.5 Å². The summed E-state index contributed by atoms with van der Waals surface area (Å²) in [5.41, 5.74) is 0.161. The molecule has 0 unspecified atom stereocenters. The third-order valence-corrected chi connectivity index (χ3v) is 4.88. The first-order valence-corrected chi connectivity index (χ1v) is 7.55. The Labute approximate surface area is 132 Å². The van der Waals surface area contributed by atoms with Gasteiger partial charge in [-0.2, -0.15) is 0 Å². The van der Waals surface area contributed by atoms with Gasteiger partial charge in [-0.3, -0.25) is 15.0 Å². The van der Waals surface area contributed by atoms with Crippen molar-refractivity contribution in [3.8, 4) is 0 Å². The lowest BCUT2D eigenvalue weighted by Crippen LogP contribution is -2.54. The second-order valence-electron chi connectivity index (χ2n) is 5.47. The molecule has 2 heterocycles. The van der Waals surface area contributed by atoms with Crippen LogP contribution in [0.1, 0.15) is 18.4 Å². The van der Waals surface area contributed by atoms with Crippen molar-refractivity contribution < 1.29 is 9.59 Å². The summed E-state index contributed by atoms with van der Waals surface area (Å²) in [4.78, 5) is 25.4. The summed E-state index contributed by atoms with van der Waals surface area (Å²) in [5, 5.41) is 6.35. The second kappa shape index (κ2) is 5.48. The number of rotatable bonds is 2. The molecule has 1 aromatic carbocycles. The Morgan fingerprint density at radius 3 is 2.29 bits per heavy atom. The summed E-state index contributed by atoms with van der Waals surface area (Å²) >= 11 is 12.4. The summed E-state index contributed by atoms with van der Waals surface area (Å²) in [6.45, 7) is 2.05. The maximum Gasteiger partial charge on any atom is 0.322 e. The molecule has 5 nitrogen and oxygen atoms in total. The smallest absolute Gasteiger partial charge is 0.322 e. The number of benzene rings is 1. The molecule has 0 aromatic heterocycles. The Morgan fingerprint density at radius 1 is 1.14 bits per heavy atom. The van der Waals surface area contributed by atoms with E-state index in [1.807, 2.05) is 18.2 Å². The maximum atomic E-state index is 11.9. The van der Waals surface area contributed by atoms with Gasteiger partial charge in [-0.05, 0) is 25.0 Å². The summed E-state index contributed by atoms with van der Waals surface area (Å²) in [7, 11) is 0. The van der Waals surface area contributed by atoms with Crippen LogP contribution in [0.5, 0.6) is 0 Å². The van der Waals surface area contributed by atoms with Crippen LogP contribution >= 0.6 is 23.2 Å². The molecular formula is C14H15Cl2N3O2. The maximum absolute atomic E-state index is 11.9. The largest absolute Gasteiger partial charge is 0.323 e.